The minimum atomic E-state index is 0.562. The Hall–Kier alpha value is -1.17. The van der Waals surface area contributed by atoms with Crippen LogP contribution in [-0.4, -0.2) is 72.2 Å². The fourth-order valence-corrected chi connectivity index (χ4v) is 4.48. The Bertz CT molecular complexity index is 593. The Balaban J connectivity index is 1.53. The number of likely N-dealkylation sites (N-methyl/N-ethyl adjacent to an activating group) is 1. The molecule has 1 aromatic carbocycles. The van der Waals surface area contributed by atoms with Gasteiger partial charge in [0.1, 0.15) is 0 Å². The summed E-state index contributed by atoms with van der Waals surface area (Å²) in [6.07, 6.45) is 5.06. The molecular weight excluding hydrogens is 352 g/mol. The predicted octanol–water partition coefficient (Wildman–Crippen LogP) is 4.00. The third-order valence-electron chi connectivity index (χ3n) is 6.09. The van der Waals surface area contributed by atoms with E-state index in [4.69, 9.17) is 12.2 Å². The van der Waals surface area contributed by atoms with E-state index in [9.17, 15) is 0 Å². The van der Waals surface area contributed by atoms with E-state index in [-0.39, 0.29) is 0 Å². The average Bonchev–Trinajstić information content (AvgIpc) is 2.68. The molecule has 2 aliphatic heterocycles. The quantitative estimate of drug-likeness (QED) is 0.768. The predicted molar refractivity (Wildman–Crippen MR) is 120 cm³/mol. The van der Waals surface area contributed by atoms with Crippen molar-refractivity contribution in [3.8, 4) is 0 Å². The van der Waals surface area contributed by atoms with Crippen LogP contribution in [0, 0.1) is 0 Å². The largest absolute Gasteiger partial charge is 0.346 e. The normalized spacial score (nSPS) is 22.2. The first-order valence-corrected chi connectivity index (χ1v) is 11.0. The monoisotopic (exact) mass is 388 g/mol. The summed E-state index contributed by atoms with van der Waals surface area (Å²) in [6.45, 7) is 11.5. The van der Waals surface area contributed by atoms with Gasteiger partial charge in [0.15, 0.2) is 5.11 Å². The molecule has 150 valence electrons. The smallest absolute Gasteiger partial charge is 0.173 e. The van der Waals surface area contributed by atoms with E-state index in [1.807, 2.05) is 0 Å². The molecule has 0 saturated carbocycles. The lowest BCUT2D eigenvalue weighted by Gasteiger charge is -2.39. The summed E-state index contributed by atoms with van der Waals surface area (Å²) in [6, 6.07) is 9.30. The lowest BCUT2D eigenvalue weighted by Crippen LogP contribution is -2.49. The average molecular weight is 389 g/mol. The summed E-state index contributed by atoms with van der Waals surface area (Å²) in [5.74, 6) is 0.562. The number of anilines is 1. The van der Waals surface area contributed by atoms with Gasteiger partial charge in [0.25, 0.3) is 0 Å². The number of benzene rings is 1. The molecule has 2 saturated heterocycles. The van der Waals surface area contributed by atoms with E-state index in [0.717, 1.165) is 17.3 Å². The minimum absolute atomic E-state index is 0.562. The van der Waals surface area contributed by atoms with Gasteiger partial charge in [0, 0.05) is 51.0 Å². The van der Waals surface area contributed by atoms with Gasteiger partial charge in [-0.05, 0) is 68.6 Å². The van der Waals surface area contributed by atoms with Crippen LogP contribution >= 0.6 is 12.2 Å². The Morgan fingerprint density at radius 1 is 1.07 bits per heavy atom. The molecule has 0 bridgehead atoms. The van der Waals surface area contributed by atoms with Gasteiger partial charge in [-0.2, -0.15) is 0 Å². The molecule has 0 amide bonds. The zero-order chi connectivity index (χ0) is 19.2. The van der Waals surface area contributed by atoms with E-state index in [1.54, 1.807) is 0 Å². The molecule has 1 aromatic rings. The van der Waals surface area contributed by atoms with Crippen LogP contribution in [0.25, 0.3) is 0 Å². The van der Waals surface area contributed by atoms with Crippen molar-refractivity contribution in [2.45, 2.75) is 51.5 Å². The molecule has 1 N–H and O–H groups in total. The van der Waals surface area contributed by atoms with Gasteiger partial charge in [-0.25, -0.2) is 0 Å². The Kier molecular flexibility index (Phi) is 7.50. The number of likely N-dealkylation sites (tertiary alicyclic amines) is 1. The molecular formula is C22H36N4S. The first-order chi connectivity index (χ1) is 13.0. The molecule has 2 fully saturated rings. The summed E-state index contributed by atoms with van der Waals surface area (Å²) in [4.78, 5) is 7.49. The third kappa shape index (κ3) is 5.90. The van der Waals surface area contributed by atoms with Gasteiger partial charge in [-0.3, -0.25) is 0 Å². The number of rotatable bonds is 5. The summed E-state index contributed by atoms with van der Waals surface area (Å²) in [5, 5.41) is 4.39. The molecule has 1 unspecified atom stereocenters. The number of piperazine rings is 1. The third-order valence-corrected chi connectivity index (χ3v) is 6.43. The van der Waals surface area contributed by atoms with E-state index in [0.29, 0.717) is 12.0 Å². The van der Waals surface area contributed by atoms with Crippen molar-refractivity contribution in [2.75, 3.05) is 51.6 Å². The zero-order valence-corrected chi connectivity index (χ0v) is 18.1. The Morgan fingerprint density at radius 2 is 1.78 bits per heavy atom. The topological polar surface area (TPSA) is 21.8 Å². The van der Waals surface area contributed by atoms with Crippen molar-refractivity contribution < 1.29 is 0 Å². The Labute approximate surface area is 170 Å². The lowest BCUT2D eigenvalue weighted by atomic mass is 9.99. The second-order valence-electron chi connectivity index (χ2n) is 8.48. The molecule has 0 radical (unpaired) electrons. The van der Waals surface area contributed by atoms with E-state index in [1.165, 1.54) is 64.0 Å². The maximum atomic E-state index is 5.80. The van der Waals surface area contributed by atoms with Gasteiger partial charge in [0.2, 0.25) is 0 Å². The highest BCUT2D eigenvalue weighted by molar-refractivity contribution is 7.80. The molecule has 4 nitrogen and oxygen atoms in total. The number of nitrogens with zero attached hydrogens (tertiary/aromatic N) is 3. The highest BCUT2D eigenvalue weighted by Gasteiger charge is 2.25. The molecule has 2 heterocycles. The number of thiocarbonyl (C=S) groups is 1. The first-order valence-electron chi connectivity index (χ1n) is 10.6. The van der Waals surface area contributed by atoms with Crippen LogP contribution in [0.5, 0.6) is 0 Å². The molecule has 5 heteroatoms. The fraction of sp³-hybridized carbons (Fsp3) is 0.682. The van der Waals surface area contributed by atoms with Crippen molar-refractivity contribution in [1.29, 1.82) is 0 Å². The van der Waals surface area contributed by atoms with Gasteiger partial charge < -0.3 is 20.0 Å². The number of nitrogens with one attached hydrogen (secondary N) is 1. The highest BCUT2D eigenvalue weighted by Crippen LogP contribution is 2.23. The zero-order valence-electron chi connectivity index (χ0n) is 17.3. The van der Waals surface area contributed by atoms with Gasteiger partial charge in [0.05, 0.1) is 0 Å². The van der Waals surface area contributed by atoms with Crippen molar-refractivity contribution in [3.63, 3.8) is 0 Å². The molecule has 27 heavy (non-hydrogen) atoms. The maximum Gasteiger partial charge on any atom is 0.173 e. The fourth-order valence-electron chi connectivity index (χ4n) is 4.12. The van der Waals surface area contributed by atoms with Crippen molar-refractivity contribution in [2.24, 2.45) is 0 Å². The highest BCUT2D eigenvalue weighted by atomic mass is 32.1. The van der Waals surface area contributed by atoms with Crippen LogP contribution in [-0.2, 0) is 0 Å². The SMILES string of the molecule is CC(C)c1ccc(NC(=S)N2CCCCC2CCN2CCN(C)CC2)cc1. The summed E-state index contributed by atoms with van der Waals surface area (Å²) >= 11 is 5.80. The Morgan fingerprint density at radius 3 is 2.44 bits per heavy atom. The first kappa shape index (κ1) is 20.6. The molecule has 2 aliphatic rings. The molecule has 0 aromatic heterocycles. The molecule has 0 aliphatic carbocycles. The summed E-state index contributed by atoms with van der Waals surface area (Å²) < 4.78 is 0. The molecule has 0 spiro atoms. The summed E-state index contributed by atoms with van der Waals surface area (Å²) in [5.41, 5.74) is 2.47. The van der Waals surface area contributed by atoms with Crippen molar-refractivity contribution >= 4 is 23.0 Å². The minimum Gasteiger partial charge on any atom is -0.346 e. The van der Waals surface area contributed by atoms with Crippen LogP contribution in [0.4, 0.5) is 5.69 Å². The second-order valence-corrected chi connectivity index (χ2v) is 8.87. The number of hydrogen-bond donors (Lipinski definition) is 1. The van der Waals surface area contributed by atoms with Crippen molar-refractivity contribution in [3.05, 3.63) is 29.8 Å². The van der Waals surface area contributed by atoms with Crippen LogP contribution < -0.4 is 5.32 Å². The summed E-state index contributed by atoms with van der Waals surface area (Å²) in [7, 11) is 2.22. The van der Waals surface area contributed by atoms with E-state index >= 15 is 0 Å². The second kappa shape index (κ2) is 9.85. The standard InChI is InChI=1S/C22H36N4S/c1-18(2)19-7-9-20(10-8-19)23-22(27)26-12-5-4-6-21(26)11-13-25-16-14-24(3)15-17-25/h7-10,18,21H,4-6,11-17H2,1-3H3,(H,23,27). The van der Waals surface area contributed by atoms with Gasteiger partial charge >= 0.3 is 0 Å². The maximum absolute atomic E-state index is 5.80. The van der Waals surface area contributed by atoms with Gasteiger partial charge in [-0.1, -0.05) is 26.0 Å². The van der Waals surface area contributed by atoms with E-state index < -0.39 is 0 Å². The van der Waals surface area contributed by atoms with E-state index in [2.05, 4.69) is 65.2 Å². The lowest BCUT2D eigenvalue weighted by molar-refractivity contribution is 0.135. The number of piperidine rings is 1. The molecule has 1 atom stereocenters. The van der Waals surface area contributed by atoms with Gasteiger partial charge in [-0.15, -0.1) is 0 Å². The number of hydrogen-bond acceptors (Lipinski definition) is 3. The van der Waals surface area contributed by atoms with Crippen LogP contribution in [0.15, 0.2) is 24.3 Å². The van der Waals surface area contributed by atoms with Crippen LogP contribution in [0.1, 0.15) is 51.0 Å². The van der Waals surface area contributed by atoms with Crippen LogP contribution in [0.3, 0.4) is 0 Å². The molecule has 3 rings (SSSR count). The van der Waals surface area contributed by atoms with Crippen molar-refractivity contribution in [1.82, 2.24) is 14.7 Å². The van der Waals surface area contributed by atoms with Crippen LogP contribution in [0.2, 0.25) is 0 Å².